The number of nitrogens with zero attached hydrogens (tertiary/aromatic N) is 1. The molecule has 0 unspecified atom stereocenters. The first-order valence-electron chi connectivity index (χ1n) is 11.2. The third-order valence-corrected chi connectivity index (χ3v) is 5.40. The maximum Gasteiger partial charge on any atom is 0.408 e. The number of nitrogens with two attached hydrogens (primary N) is 1. The fourth-order valence-corrected chi connectivity index (χ4v) is 3.66. The van der Waals surface area contributed by atoms with E-state index in [0.717, 1.165) is 10.5 Å². The normalized spacial score (nSPS) is 12.9. The number of carbonyl (C=O) groups is 4. The first-order chi connectivity index (χ1) is 16.0. The van der Waals surface area contributed by atoms with Crippen molar-refractivity contribution in [2.75, 3.05) is 25.7 Å². The molecule has 190 valence electrons. The predicted molar refractivity (Wildman–Crippen MR) is 132 cm³/mol. The molecule has 0 saturated carbocycles. The smallest absolute Gasteiger partial charge is 0.408 e. The van der Waals surface area contributed by atoms with E-state index in [1.807, 2.05) is 12.3 Å². The number of amides is 3. The lowest BCUT2D eigenvalue weighted by molar-refractivity contribution is -0.160. The number of nitrogens with one attached hydrogen (secondary N) is 1. The Morgan fingerprint density at radius 2 is 1.79 bits per heavy atom. The highest BCUT2D eigenvalue weighted by atomic mass is 32.2. The van der Waals surface area contributed by atoms with Crippen LogP contribution in [0.1, 0.15) is 45.6 Å². The number of hydrogen-bond donors (Lipinski definition) is 2. The number of alkyl carbamates (subject to hydrolysis) is 1. The second-order valence-corrected chi connectivity index (χ2v) is 9.69. The van der Waals surface area contributed by atoms with Crippen molar-refractivity contribution >= 4 is 35.6 Å². The van der Waals surface area contributed by atoms with Crippen LogP contribution in [0.25, 0.3) is 0 Å². The molecule has 0 fully saturated rings. The van der Waals surface area contributed by atoms with Crippen LogP contribution in [0.2, 0.25) is 0 Å². The Morgan fingerprint density at radius 1 is 1.15 bits per heavy atom. The maximum atomic E-state index is 13.7. The highest BCUT2D eigenvalue weighted by molar-refractivity contribution is 7.98. The van der Waals surface area contributed by atoms with Gasteiger partial charge in [-0.05, 0) is 57.7 Å². The lowest BCUT2D eigenvalue weighted by atomic mass is 10.0. The maximum absolute atomic E-state index is 13.7. The van der Waals surface area contributed by atoms with Crippen molar-refractivity contribution in [1.29, 1.82) is 0 Å². The summed E-state index contributed by atoms with van der Waals surface area (Å²) < 4.78 is 10.3. The van der Waals surface area contributed by atoms with Gasteiger partial charge in [0.2, 0.25) is 5.91 Å². The van der Waals surface area contributed by atoms with E-state index in [9.17, 15) is 19.2 Å². The van der Waals surface area contributed by atoms with Crippen LogP contribution in [0.5, 0.6) is 0 Å². The van der Waals surface area contributed by atoms with E-state index in [4.69, 9.17) is 15.2 Å². The van der Waals surface area contributed by atoms with E-state index >= 15 is 0 Å². The van der Waals surface area contributed by atoms with Crippen LogP contribution in [0.4, 0.5) is 4.79 Å². The fourth-order valence-electron chi connectivity index (χ4n) is 3.19. The van der Waals surface area contributed by atoms with Crippen molar-refractivity contribution in [2.45, 2.75) is 64.1 Å². The number of methoxy groups -OCH3 is 1. The molecule has 3 amide bonds. The van der Waals surface area contributed by atoms with E-state index in [-0.39, 0.29) is 25.8 Å². The average molecular weight is 496 g/mol. The molecule has 34 heavy (non-hydrogen) atoms. The van der Waals surface area contributed by atoms with E-state index in [0.29, 0.717) is 12.2 Å². The minimum absolute atomic E-state index is 0.0216. The summed E-state index contributed by atoms with van der Waals surface area (Å²) in [7, 11) is 1.21. The molecule has 0 aromatic heterocycles. The van der Waals surface area contributed by atoms with Crippen molar-refractivity contribution < 1.29 is 28.7 Å². The molecule has 0 spiro atoms. The molecule has 0 bridgehead atoms. The number of rotatable bonds is 12. The van der Waals surface area contributed by atoms with Gasteiger partial charge in [-0.15, -0.1) is 0 Å². The Morgan fingerprint density at radius 3 is 2.32 bits per heavy atom. The van der Waals surface area contributed by atoms with Gasteiger partial charge in [0.05, 0.1) is 7.11 Å². The van der Waals surface area contributed by atoms with Crippen molar-refractivity contribution in [3.63, 3.8) is 0 Å². The summed E-state index contributed by atoms with van der Waals surface area (Å²) in [6, 6.07) is 6.78. The number of imide groups is 1. The highest BCUT2D eigenvalue weighted by Crippen LogP contribution is 2.17. The van der Waals surface area contributed by atoms with Gasteiger partial charge < -0.3 is 20.5 Å². The third-order valence-electron chi connectivity index (χ3n) is 4.76. The van der Waals surface area contributed by atoms with E-state index in [1.165, 1.54) is 18.9 Å². The predicted octanol–water partition coefficient (Wildman–Crippen LogP) is 2.51. The van der Waals surface area contributed by atoms with Gasteiger partial charge in [0.25, 0.3) is 5.91 Å². The first kappa shape index (κ1) is 29.4. The fraction of sp³-hybridized carbons (Fsp3) is 0.583. The minimum atomic E-state index is -1.19. The lowest BCUT2D eigenvalue weighted by Crippen LogP contribution is -2.57. The zero-order valence-corrected chi connectivity index (χ0v) is 21.5. The molecule has 0 aliphatic heterocycles. The SMILES string of the molecule is COC(=O)[C@H](Cc1ccccc1)N(C(=O)CCCN)C(=O)[C@H](CCSC)NC(=O)OC(C)(C)C. The minimum Gasteiger partial charge on any atom is -0.467 e. The molecule has 1 rings (SSSR count). The Balaban J connectivity index is 3.35. The van der Waals surface area contributed by atoms with Gasteiger partial charge in [-0.25, -0.2) is 9.59 Å². The Hall–Kier alpha value is -2.59. The van der Waals surface area contributed by atoms with Gasteiger partial charge in [0, 0.05) is 12.8 Å². The summed E-state index contributed by atoms with van der Waals surface area (Å²) >= 11 is 1.49. The van der Waals surface area contributed by atoms with Crippen LogP contribution in [0, 0.1) is 0 Å². The summed E-state index contributed by atoms with van der Waals surface area (Å²) in [5, 5.41) is 2.58. The highest BCUT2D eigenvalue weighted by Gasteiger charge is 2.39. The average Bonchev–Trinajstić information content (AvgIpc) is 2.78. The molecule has 0 saturated heterocycles. The van der Waals surface area contributed by atoms with Crippen LogP contribution in [0.15, 0.2) is 30.3 Å². The molecule has 1 aromatic rings. The van der Waals surface area contributed by atoms with Gasteiger partial charge in [-0.1, -0.05) is 30.3 Å². The van der Waals surface area contributed by atoms with E-state index in [2.05, 4.69) is 5.32 Å². The molecule has 0 radical (unpaired) electrons. The summed E-state index contributed by atoms with van der Waals surface area (Å²) in [5.41, 5.74) is 5.55. The van der Waals surface area contributed by atoms with E-state index < -0.39 is 41.6 Å². The number of hydrogen-bond acceptors (Lipinski definition) is 8. The van der Waals surface area contributed by atoms with Crippen molar-refractivity contribution in [1.82, 2.24) is 10.2 Å². The molecule has 0 heterocycles. The van der Waals surface area contributed by atoms with Crippen LogP contribution in [-0.4, -0.2) is 72.1 Å². The number of benzene rings is 1. The van der Waals surface area contributed by atoms with Crippen LogP contribution < -0.4 is 11.1 Å². The largest absolute Gasteiger partial charge is 0.467 e. The molecule has 0 aliphatic rings. The topological polar surface area (TPSA) is 128 Å². The van der Waals surface area contributed by atoms with Crippen LogP contribution >= 0.6 is 11.8 Å². The Kier molecular flexibility index (Phi) is 12.7. The van der Waals surface area contributed by atoms with Gasteiger partial charge in [0.15, 0.2) is 0 Å². The Labute approximate surface area is 206 Å². The molecule has 0 aliphatic carbocycles. The lowest BCUT2D eigenvalue weighted by Gasteiger charge is -2.32. The first-order valence-corrected chi connectivity index (χ1v) is 12.6. The summed E-state index contributed by atoms with van der Waals surface area (Å²) in [4.78, 5) is 53.0. The third kappa shape index (κ3) is 10.1. The van der Waals surface area contributed by atoms with Gasteiger partial charge in [0.1, 0.15) is 17.7 Å². The number of carbonyl (C=O) groups excluding carboxylic acids is 4. The molecular weight excluding hydrogens is 458 g/mol. The summed E-state index contributed by atoms with van der Waals surface area (Å²) in [5.74, 6) is -1.42. The molecular formula is C24H37N3O6S. The monoisotopic (exact) mass is 495 g/mol. The molecule has 3 N–H and O–H groups in total. The van der Waals surface area contributed by atoms with Gasteiger partial charge in [-0.2, -0.15) is 11.8 Å². The quantitative estimate of drug-likeness (QED) is 0.423. The molecule has 1 aromatic carbocycles. The van der Waals surface area contributed by atoms with Gasteiger partial charge in [-0.3, -0.25) is 14.5 Å². The van der Waals surface area contributed by atoms with Crippen molar-refractivity contribution in [3.05, 3.63) is 35.9 Å². The molecule has 9 nitrogen and oxygen atoms in total. The van der Waals surface area contributed by atoms with Crippen LogP contribution in [0.3, 0.4) is 0 Å². The van der Waals surface area contributed by atoms with Crippen molar-refractivity contribution in [2.24, 2.45) is 5.73 Å². The molecule has 2 atom stereocenters. The number of ether oxygens (including phenoxy) is 2. The Bertz CT molecular complexity index is 813. The van der Waals surface area contributed by atoms with Crippen molar-refractivity contribution in [3.8, 4) is 0 Å². The van der Waals surface area contributed by atoms with Gasteiger partial charge >= 0.3 is 12.1 Å². The number of thioether (sulfide) groups is 1. The second-order valence-electron chi connectivity index (χ2n) is 8.70. The standard InChI is InChI=1S/C24H37N3O6S/c1-24(2,3)33-23(31)26-18(13-15-34-5)21(29)27(20(28)12-9-14-25)19(22(30)32-4)16-17-10-7-6-8-11-17/h6-8,10-11,18-19H,9,12-16,25H2,1-5H3,(H,26,31)/t18-,19-/m0/s1. The van der Waals surface area contributed by atoms with Crippen LogP contribution in [-0.2, 0) is 30.3 Å². The second kappa shape index (κ2) is 14.6. The zero-order chi connectivity index (χ0) is 25.7. The summed E-state index contributed by atoms with van der Waals surface area (Å²) in [6.07, 6.45) is 1.74. The zero-order valence-electron chi connectivity index (χ0n) is 20.7. The molecule has 10 heteroatoms. The summed E-state index contributed by atoms with van der Waals surface area (Å²) in [6.45, 7) is 5.38. The van der Waals surface area contributed by atoms with E-state index in [1.54, 1.807) is 45.0 Å². The number of esters is 1.